The van der Waals surface area contributed by atoms with Gasteiger partial charge in [0, 0.05) is 6.04 Å². The summed E-state index contributed by atoms with van der Waals surface area (Å²) in [4.78, 5) is 11.0. The molecule has 2 N–H and O–H groups in total. The van der Waals surface area contributed by atoms with Crippen LogP contribution in [0.25, 0.3) is 0 Å². The molecule has 0 aromatic heterocycles. The van der Waals surface area contributed by atoms with E-state index >= 15 is 0 Å². The zero-order chi connectivity index (χ0) is 11.8. The highest BCUT2D eigenvalue weighted by atomic mass is 32.2. The highest BCUT2D eigenvalue weighted by Crippen LogP contribution is 2.26. The van der Waals surface area contributed by atoms with E-state index in [1.54, 1.807) is 18.2 Å². The van der Waals surface area contributed by atoms with Gasteiger partial charge in [0.25, 0.3) is 0 Å². The molecular weight excluding hydrogens is 230 g/mol. The molecule has 1 saturated heterocycles. The van der Waals surface area contributed by atoms with Gasteiger partial charge < -0.3 is 5.11 Å². The van der Waals surface area contributed by atoms with E-state index in [-0.39, 0.29) is 11.3 Å². The van der Waals surface area contributed by atoms with Crippen molar-refractivity contribution in [3.63, 3.8) is 0 Å². The van der Waals surface area contributed by atoms with Gasteiger partial charge in [-0.2, -0.15) is 0 Å². The van der Waals surface area contributed by atoms with Gasteiger partial charge in [-0.15, -0.1) is 0 Å². The van der Waals surface area contributed by atoms with E-state index in [0.29, 0.717) is 12.0 Å². The van der Waals surface area contributed by atoms with Crippen LogP contribution >= 0.6 is 0 Å². The van der Waals surface area contributed by atoms with E-state index in [1.807, 2.05) is 0 Å². The first-order valence-electron chi connectivity index (χ1n) is 4.82. The molecule has 1 atom stereocenters. The number of carboxylic acids is 1. The van der Waals surface area contributed by atoms with Gasteiger partial charge in [-0.3, -0.25) is 0 Å². The first-order valence-corrected chi connectivity index (χ1v) is 6.47. The predicted octanol–water partition coefficient (Wildman–Crippen LogP) is 0.749. The monoisotopic (exact) mass is 241 g/mol. The fraction of sp³-hybridized carbons (Fsp3) is 0.300. The van der Waals surface area contributed by atoms with Crippen LogP contribution in [0.4, 0.5) is 0 Å². The molecule has 0 amide bonds. The zero-order valence-electron chi connectivity index (χ0n) is 8.38. The molecule has 5 nitrogen and oxygen atoms in total. The largest absolute Gasteiger partial charge is 0.478 e. The molecule has 1 fully saturated rings. The zero-order valence-corrected chi connectivity index (χ0v) is 9.20. The van der Waals surface area contributed by atoms with Crippen molar-refractivity contribution in [1.82, 2.24) is 4.72 Å². The number of aromatic carboxylic acids is 1. The normalized spacial score (nSPS) is 23.1. The average molecular weight is 241 g/mol. The van der Waals surface area contributed by atoms with Crippen LogP contribution in [-0.2, 0) is 10.0 Å². The Morgan fingerprint density at radius 3 is 2.62 bits per heavy atom. The van der Waals surface area contributed by atoms with Gasteiger partial charge in [0.05, 0.1) is 11.3 Å². The van der Waals surface area contributed by atoms with Crippen LogP contribution in [-0.4, -0.2) is 25.2 Å². The van der Waals surface area contributed by atoms with Gasteiger partial charge >= 0.3 is 5.97 Å². The quantitative estimate of drug-likeness (QED) is 0.800. The molecule has 86 valence electrons. The van der Waals surface area contributed by atoms with Crippen molar-refractivity contribution in [3.05, 3.63) is 35.4 Å². The van der Waals surface area contributed by atoms with E-state index in [1.165, 1.54) is 6.07 Å². The molecule has 1 aromatic rings. The number of hydrogen-bond acceptors (Lipinski definition) is 3. The van der Waals surface area contributed by atoms with E-state index in [2.05, 4.69) is 4.72 Å². The molecule has 2 rings (SSSR count). The van der Waals surface area contributed by atoms with E-state index < -0.39 is 22.0 Å². The van der Waals surface area contributed by atoms with Crippen LogP contribution in [0.3, 0.4) is 0 Å². The average Bonchev–Trinajstić information content (AvgIpc) is 2.59. The molecule has 16 heavy (non-hydrogen) atoms. The standard InChI is InChI=1S/C10H11NO4S/c12-10(13)8-4-2-1-3-7(8)9-5-6-16(14,15)11-9/h1-4,9,11H,5-6H2,(H,12,13). The molecule has 0 spiro atoms. The topological polar surface area (TPSA) is 83.5 Å². The fourth-order valence-electron chi connectivity index (χ4n) is 1.82. The molecule has 0 aliphatic carbocycles. The number of hydrogen-bond donors (Lipinski definition) is 2. The summed E-state index contributed by atoms with van der Waals surface area (Å²) in [5.41, 5.74) is 0.674. The van der Waals surface area contributed by atoms with Crippen molar-refractivity contribution in [2.45, 2.75) is 12.5 Å². The lowest BCUT2D eigenvalue weighted by Crippen LogP contribution is -2.21. The second-order valence-electron chi connectivity index (χ2n) is 3.67. The van der Waals surface area contributed by atoms with Crippen molar-refractivity contribution in [2.75, 3.05) is 5.75 Å². The number of benzene rings is 1. The highest BCUT2D eigenvalue weighted by Gasteiger charge is 2.30. The fourth-order valence-corrected chi connectivity index (χ4v) is 3.16. The van der Waals surface area contributed by atoms with Crippen LogP contribution in [0, 0.1) is 0 Å². The minimum atomic E-state index is -3.23. The summed E-state index contributed by atoms with van der Waals surface area (Å²) in [5, 5.41) is 8.98. The Balaban J connectivity index is 2.38. The Hall–Kier alpha value is -1.40. The van der Waals surface area contributed by atoms with Crippen molar-refractivity contribution in [2.24, 2.45) is 0 Å². The predicted molar refractivity (Wildman–Crippen MR) is 57.7 cm³/mol. The maximum Gasteiger partial charge on any atom is 0.336 e. The van der Waals surface area contributed by atoms with Crippen LogP contribution in [0.5, 0.6) is 0 Å². The molecule has 1 unspecified atom stereocenters. The van der Waals surface area contributed by atoms with E-state index in [4.69, 9.17) is 5.11 Å². The first-order chi connectivity index (χ1) is 7.49. The molecule has 6 heteroatoms. The third kappa shape index (κ3) is 2.07. The summed E-state index contributed by atoms with van der Waals surface area (Å²) < 4.78 is 24.9. The Labute approximate surface area is 93.2 Å². The summed E-state index contributed by atoms with van der Waals surface area (Å²) in [6.45, 7) is 0. The number of carbonyl (C=O) groups is 1. The molecule has 1 aliphatic rings. The first kappa shape index (κ1) is 11.1. The lowest BCUT2D eigenvalue weighted by Gasteiger charge is -2.11. The van der Waals surface area contributed by atoms with Crippen molar-refractivity contribution in [3.8, 4) is 0 Å². The van der Waals surface area contributed by atoms with Gasteiger partial charge in [-0.1, -0.05) is 18.2 Å². The molecular formula is C10H11NO4S. The van der Waals surface area contributed by atoms with Crippen molar-refractivity contribution < 1.29 is 18.3 Å². The Morgan fingerprint density at radius 1 is 1.38 bits per heavy atom. The second-order valence-corrected chi connectivity index (χ2v) is 5.54. The lowest BCUT2D eigenvalue weighted by molar-refractivity contribution is 0.0695. The Kier molecular flexibility index (Phi) is 2.69. The molecule has 0 radical (unpaired) electrons. The number of sulfonamides is 1. The van der Waals surface area contributed by atoms with Gasteiger partial charge in [-0.25, -0.2) is 17.9 Å². The SMILES string of the molecule is O=C(O)c1ccccc1C1CCS(=O)(=O)N1. The third-order valence-electron chi connectivity index (χ3n) is 2.56. The summed E-state index contributed by atoms with van der Waals surface area (Å²) in [5.74, 6) is -0.993. The molecule has 1 heterocycles. The summed E-state index contributed by atoms with van der Waals surface area (Å²) in [6, 6.07) is 6.02. The van der Waals surface area contributed by atoms with Gasteiger partial charge in [0.1, 0.15) is 0 Å². The Bertz CT molecular complexity index is 523. The summed E-state index contributed by atoms with van der Waals surface area (Å²) >= 11 is 0. The Morgan fingerprint density at radius 2 is 2.06 bits per heavy atom. The number of rotatable bonds is 2. The van der Waals surface area contributed by atoms with E-state index in [0.717, 1.165) is 0 Å². The van der Waals surface area contributed by atoms with E-state index in [9.17, 15) is 13.2 Å². The minimum absolute atomic E-state index is 0.0472. The number of carboxylic acid groups (broad SMARTS) is 1. The van der Waals surface area contributed by atoms with Gasteiger partial charge in [0.2, 0.25) is 10.0 Å². The second kappa shape index (κ2) is 3.88. The minimum Gasteiger partial charge on any atom is -0.478 e. The van der Waals surface area contributed by atoms with Crippen LogP contribution in [0.15, 0.2) is 24.3 Å². The van der Waals surface area contributed by atoms with Gasteiger partial charge in [-0.05, 0) is 18.1 Å². The van der Waals surface area contributed by atoms with Crippen LogP contribution in [0.1, 0.15) is 28.4 Å². The molecule has 0 saturated carbocycles. The number of nitrogens with one attached hydrogen (secondary N) is 1. The third-order valence-corrected chi connectivity index (χ3v) is 3.98. The van der Waals surface area contributed by atoms with Gasteiger partial charge in [0.15, 0.2) is 0 Å². The summed E-state index contributed by atoms with van der Waals surface area (Å²) in [6.07, 6.45) is 0.409. The smallest absolute Gasteiger partial charge is 0.336 e. The van der Waals surface area contributed by atoms with Crippen molar-refractivity contribution in [1.29, 1.82) is 0 Å². The maximum atomic E-state index is 11.2. The molecule has 1 aliphatic heterocycles. The van der Waals surface area contributed by atoms with Crippen LogP contribution < -0.4 is 4.72 Å². The highest BCUT2D eigenvalue weighted by molar-refractivity contribution is 7.89. The molecule has 1 aromatic carbocycles. The van der Waals surface area contributed by atoms with Crippen LogP contribution in [0.2, 0.25) is 0 Å². The lowest BCUT2D eigenvalue weighted by atomic mass is 9.99. The molecule has 0 bridgehead atoms. The summed E-state index contributed by atoms with van der Waals surface area (Å²) in [7, 11) is -3.23. The maximum absolute atomic E-state index is 11.2. The van der Waals surface area contributed by atoms with Crippen molar-refractivity contribution >= 4 is 16.0 Å².